The van der Waals surface area contributed by atoms with Crippen LogP contribution in [-0.2, 0) is 5.54 Å². The van der Waals surface area contributed by atoms with Crippen molar-refractivity contribution in [1.82, 2.24) is 14.9 Å². The summed E-state index contributed by atoms with van der Waals surface area (Å²) in [5, 5.41) is 0. The Balaban J connectivity index is 2.00. The summed E-state index contributed by atoms with van der Waals surface area (Å²) in [4.78, 5) is 15.7. The second kappa shape index (κ2) is 4.47. The van der Waals surface area contributed by atoms with Gasteiger partial charge in [-0.15, -0.1) is 0 Å². The molecule has 2 heterocycles. The average Bonchev–Trinajstić information content (AvgIpc) is 2.99. The lowest BCUT2D eigenvalue weighted by Crippen LogP contribution is -2.52. The third kappa shape index (κ3) is 1.88. The highest BCUT2D eigenvalue weighted by atomic mass is 15.4. The summed E-state index contributed by atoms with van der Waals surface area (Å²) < 4.78 is 0. The lowest BCUT2D eigenvalue weighted by atomic mass is 9.92. The van der Waals surface area contributed by atoms with E-state index in [1.165, 1.54) is 25.7 Å². The van der Waals surface area contributed by atoms with Crippen LogP contribution in [0.1, 0.15) is 44.0 Å². The van der Waals surface area contributed by atoms with E-state index in [9.17, 15) is 0 Å². The molecule has 5 nitrogen and oxygen atoms in total. The van der Waals surface area contributed by atoms with Crippen molar-refractivity contribution in [3.8, 4) is 0 Å². The van der Waals surface area contributed by atoms with Crippen LogP contribution < -0.4 is 5.73 Å². The third-order valence-corrected chi connectivity index (χ3v) is 4.41. The molecule has 2 aliphatic rings. The minimum Gasteiger partial charge on any atom is -0.370 e. The minimum atomic E-state index is -0.239. The van der Waals surface area contributed by atoms with Crippen molar-refractivity contribution < 1.29 is 0 Å². The molecule has 1 aromatic rings. The first-order valence-electron chi connectivity index (χ1n) is 7.00. The van der Waals surface area contributed by atoms with Gasteiger partial charge in [-0.05, 0) is 26.7 Å². The van der Waals surface area contributed by atoms with Crippen molar-refractivity contribution in [2.45, 2.75) is 51.1 Å². The standard InChI is InChI=1S/C14H21N5/c1-10-12(17-8-7-16-10)14(2)9-18-13(15)19(14)11-5-3-4-6-11/h7-8,11H,3-6,9H2,1-2H3,(H2,15,18). The van der Waals surface area contributed by atoms with Gasteiger partial charge >= 0.3 is 0 Å². The average molecular weight is 259 g/mol. The quantitative estimate of drug-likeness (QED) is 0.875. The van der Waals surface area contributed by atoms with E-state index in [4.69, 9.17) is 5.73 Å². The Morgan fingerprint density at radius 1 is 1.26 bits per heavy atom. The number of aryl methyl sites for hydroxylation is 1. The predicted octanol–water partition coefficient (Wildman–Crippen LogP) is 1.57. The van der Waals surface area contributed by atoms with Gasteiger partial charge in [0.15, 0.2) is 5.96 Å². The van der Waals surface area contributed by atoms with Crippen molar-refractivity contribution in [2.24, 2.45) is 10.7 Å². The molecule has 1 saturated carbocycles. The predicted molar refractivity (Wildman–Crippen MR) is 74.7 cm³/mol. The molecule has 1 aliphatic heterocycles. The Kier molecular flexibility index (Phi) is 2.92. The molecule has 102 valence electrons. The minimum absolute atomic E-state index is 0.239. The topological polar surface area (TPSA) is 67.4 Å². The van der Waals surface area contributed by atoms with Crippen LogP contribution in [0, 0.1) is 6.92 Å². The summed E-state index contributed by atoms with van der Waals surface area (Å²) in [6.45, 7) is 4.87. The zero-order valence-electron chi connectivity index (χ0n) is 11.6. The number of nitrogens with zero attached hydrogens (tertiary/aromatic N) is 4. The number of aliphatic imine (C=N–C) groups is 1. The number of hydrogen-bond acceptors (Lipinski definition) is 5. The van der Waals surface area contributed by atoms with Gasteiger partial charge in [-0.1, -0.05) is 12.8 Å². The molecule has 0 amide bonds. The van der Waals surface area contributed by atoms with Gasteiger partial charge in [0.25, 0.3) is 0 Å². The molecular formula is C14H21N5. The van der Waals surface area contributed by atoms with Crippen molar-refractivity contribution in [2.75, 3.05) is 6.54 Å². The fourth-order valence-electron chi connectivity index (χ4n) is 3.52. The summed E-state index contributed by atoms with van der Waals surface area (Å²) in [5.41, 5.74) is 7.89. The van der Waals surface area contributed by atoms with E-state index in [0.29, 0.717) is 18.5 Å². The highest BCUT2D eigenvalue weighted by Gasteiger charge is 2.45. The summed E-state index contributed by atoms with van der Waals surface area (Å²) in [6.07, 6.45) is 8.46. The van der Waals surface area contributed by atoms with E-state index < -0.39 is 0 Å². The highest BCUT2D eigenvalue weighted by molar-refractivity contribution is 5.81. The Morgan fingerprint density at radius 3 is 2.63 bits per heavy atom. The largest absolute Gasteiger partial charge is 0.370 e. The first-order chi connectivity index (χ1) is 9.13. The molecule has 1 fully saturated rings. The Morgan fingerprint density at radius 2 is 1.95 bits per heavy atom. The lowest BCUT2D eigenvalue weighted by Gasteiger charge is -2.40. The monoisotopic (exact) mass is 259 g/mol. The van der Waals surface area contributed by atoms with Crippen molar-refractivity contribution in [3.05, 3.63) is 23.8 Å². The Hall–Kier alpha value is -1.65. The SMILES string of the molecule is Cc1nccnc1C1(C)CN=C(N)N1C1CCCC1. The fraction of sp³-hybridized carbons (Fsp3) is 0.643. The highest BCUT2D eigenvalue weighted by Crippen LogP contribution is 2.38. The van der Waals surface area contributed by atoms with Crippen molar-refractivity contribution in [3.63, 3.8) is 0 Å². The molecule has 1 unspecified atom stereocenters. The molecule has 0 spiro atoms. The third-order valence-electron chi connectivity index (χ3n) is 4.41. The van der Waals surface area contributed by atoms with Crippen molar-refractivity contribution >= 4 is 5.96 Å². The number of guanidine groups is 1. The summed E-state index contributed by atoms with van der Waals surface area (Å²) in [6, 6.07) is 0.498. The zero-order chi connectivity index (χ0) is 13.5. The van der Waals surface area contributed by atoms with Gasteiger partial charge in [0, 0.05) is 18.4 Å². The van der Waals surface area contributed by atoms with Crippen LogP contribution in [0.25, 0.3) is 0 Å². The van der Waals surface area contributed by atoms with E-state index in [1.54, 1.807) is 12.4 Å². The molecule has 3 rings (SSSR count). The zero-order valence-corrected chi connectivity index (χ0v) is 11.6. The van der Waals surface area contributed by atoms with Gasteiger partial charge in [0.1, 0.15) is 5.54 Å². The maximum atomic E-state index is 6.15. The van der Waals surface area contributed by atoms with Crippen LogP contribution in [0.3, 0.4) is 0 Å². The summed E-state index contributed by atoms with van der Waals surface area (Å²) in [7, 11) is 0. The molecule has 1 atom stereocenters. The van der Waals surface area contributed by atoms with Crippen LogP contribution >= 0.6 is 0 Å². The van der Waals surface area contributed by atoms with Crippen LogP contribution in [0.4, 0.5) is 0 Å². The van der Waals surface area contributed by atoms with E-state index in [0.717, 1.165) is 11.4 Å². The Bertz CT molecular complexity index is 506. The number of hydrogen-bond donors (Lipinski definition) is 1. The Labute approximate surface area is 114 Å². The first-order valence-corrected chi connectivity index (χ1v) is 7.00. The summed E-state index contributed by atoms with van der Waals surface area (Å²) >= 11 is 0. The second-order valence-corrected chi connectivity index (χ2v) is 5.75. The molecule has 19 heavy (non-hydrogen) atoms. The molecule has 0 saturated heterocycles. The van der Waals surface area contributed by atoms with Crippen LogP contribution in [-0.4, -0.2) is 33.4 Å². The maximum Gasteiger partial charge on any atom is 0.192 e. The van der Waals surface area contributed by atoms with Crippen LogP contribution in [0.5, 0.6) is 0 Å². The van der Waals surface area contributed by atoms with Gasteiger partial charge < -0.3 is 10.6 Å². The number of aromatic nitrogens is 2. The number of rotatable bonds is 2. The van der Waals surface area contributed by atoms with E-state index in [2.05, 4.69) is 26.8 Å². The molecule has 1 aliphatic carbocycles. The van der Waals surface area contributed by atoms with Crippen molar-refractivity contribution in [1.29, 1.82) is 0 Å². The van der Waals surface area contributed by atoms with Gasteiger partial charge in [-0.25, -0.2) is 0 Å². The second-order valence-electron chi connectivity index (χ2n) is 5.75. The lowest BCUT2D eigenvalue weighted by molar-refractivity contribution is 0.161. The molecular weight excluding hydrogens is 238 g/mol. The molecule has 2 N–H and O–H groups in total. The molecule has 0 bridgehead atoms. The van der Waals surface area contributed by atoms with Gasteiger partial charge in [-0.2, -0.15) is 0 Å². The van der Waals surface area contributed by atoms with E-state index in [-0.39, 0.29) is 5.54 Å². The van der Waals surface area contributed by atoms with Crippen LogP contribution in [0.2, 0.25) is 0 Å². The maximum absolute atomic E-state index is 6.15. The van der Waals surface area contributed by atoms with E-state index >= 15 is 0 Å². The molecule has 0 radical (unpaired) electrons. The van der Waals surface area contributed by atoms with E-state index in [1.807, 2.05) is 6.92 Å². The smallest absolute Gasteiger partial charge is 0.192 e. The first kappa shape index (κ1) is 12.4. The number of nitrogens with two attached hydrogens (primary N) is 1. The van der Waals surface area contributed by atoms with Crippen LogP contribution in [0.15, 0.2) is 17.4 Å². The molecule has 0 aromatic carbocycles. The van der Waals surface area contributed by atoms with Gasteiger partial charge in [-0.3, -0.25) is 15.0 Å². The summed E-state index contributed by atoms with van der Waals surface area (Å²) in [5.74, 6) is 0.666. The molecule has 5 heteroatoms. The van der Waals surface area contributed by atoms with Gasteiger partial charge in [0.2, 0.25) is 0 Å². The van der Waals surface area contributed by atoms with Gasteiger partial charge in [0.05, 0.1) is 17.9 Å². The normalized spacial score (nSPS) is 27.9. The molecule has 1 aromatic heterocycles. The fourth-order valence-corrected chi connectivity index (χ4v) is 3.52.